The number of ether oxygens (including phenoxy) is 2. The monoisotopic (exact) mass is 359 g/mol. The molecule has 3 rings (SSSR count). The average Bonchev–Trinajstić information content (AvgIpc) is 2.67. The minimum absolute atomic E-state index is 0.0635. The van der Waals surface area contributed by atoms with E-state index in [1.165, 1.54) is 0 Å². The summed E-state index contributed by atoms with van der Waals surface area (Å²) in [4.78, 5) is 14.7. The zero-order valence-electron chi connectivity index (χ0n) is 14.3. The number of benzene rings is 2. The number of halogens is 1. The lowest BCUT2D eigenvalue weighted by Gasteiger charge is -2.41. The maximum atomic E-state index is 12.8. The molecule has 2 aromatic carbocycles. The van der Waals surface area contributed by atoms with Gasteiger partial charge in [0.15, 0.2) is 0 Å². The van der Waals surface area contributed by atoms with Gasteiger partial charge in [-0.25, -0.2) is 0 Å². The molecule has 1 atom stereocenters. The van der Waals surface area contributed by atoms with Gasteiger partial charge in [0.2, 0.25) is 0 Å². The third-order valence-corrected chi connectivity index (χ3v) is 4.94. The van der Waals surface area contributed by atoms with Gasteiger partial charge < -0.3 is 14.4 Å². The molecule has 4 nitrogen and oxygen atoms in total. The average molecular weight is 360 g/mol. The van der Waals surface area contributed by atoms with Crippen LogP contribution in [-0.2, 0) is 4.74 Å². The number of hydrogen-bond donors (Lipinski definition) is 0. The summed E-state index contributed by atoms with van der Waals surface area (Å²) in [6, 6.07) is 16.8. The van der Waals surface area contributed by atoms with Crippen LogP contribution in [0.2, 0.25) is 5.02 Å². The zero-order valence-corrected chi connectivity index (χ0v) is 15.0. The lowest BCUT2D eigenvalue weighted by atomic mass is 9.92. The van der Waals surface area contributed by atoms with Crippen LogP contribution in [0.4, 0.5) is 0 Å². The van der Waals surface area contributed by atoms with Gasteiger partial charge in [-0.05, 0) is 37.1 Å². The summed E-state index contributed by atoms with van der Waals surface area (Å²) in [7, 11) is 1.68. The van der Waals surface area contributed by atoms with Gasteiger partial charge in [-0.1, -0.05) is 41.9 Å². The van der Waals surface area contributed by atoms with Gasteiger partial charge in [0.05, 0.1) is 17.1 Å². The van der Waals surface area contributed by atoms with E-state index >= 15 is 0 Å². The minimum atomic E-state index is -0.509. The maximum Gasteiger partial charge on any atom is 0.255 e. The highest BCUT2D eigenvalue weighted by atomic mass is 35.5. The lowest BCUT2D eigenvalue weighted by molar-refractivity contribution is -0.0824. The summed E-state index contributed by atoms with van der Waals surface area (Å²) >= 11 is 6.18. The quantitative estimate of drug-likeness (QED) is 0.808. The molecule has 0 N–H and O–H groups in total. The van der Waals surface area contributed by atoms with Crippen LogP contribution in [0.3, 0.4) is 0 Å². The third kappa shape index (κ3) is 4.14. The van der Waals surface area contributed by atoms with E-state index in [9.17, 15) is 4.79 Å². The smallest absolute Gasteiger partial charge is 0.255 e. The molecule has 1 aliphatic heterocycles. The number of para-hydroxylation sites is 1. The molecular weight excluding hydrogens is 338 g/mol. The van der Waals surface area contributed by atoms with Crippen LogP contribution in [0.25, 0.3) is 0 Å². The Morgan fingerprint density at radius 2 is 1.88 bits per heavy atom. The Balaban J connectivity index is 1.71. The second-order valence-electron chi connectivity index (χ2n) is 6.30. The lowest BCUT2D eigenvalue weighted by Crippen LogP contribution is -2.54. The Kier molecular flexibility index (Phi) is 5.61. The Hall–Kier alpha value is -2.04. The van der Waals surface area contributed by atoms with Gasteiger partial charge in [-0.3, -0.25) is 4.79 Å². The molecule has 132 valence electrons. The van der Waals surface area contributed by atoms with Crippen LogP contribution in [0.15, 0.2) is 54.6 Å². The van der Waals surface area contributed by atoms with Gasteiger partial charge >= 0.3 is 0 Å². The summed E-state index contributed by atoms with van der Waals surface area (Å²) in [5.74, 6) is 0.736. The van der Waals surface area contributed by atoms with Crippen LogP contribution >= 0.6 is 11.6 Å². The molecule has 1 fully saturated rings. The van der Waals surface area contributed by atoms with Gasteiger partial charge in [0.1, 0.15) is 18.0 Å². The molecule has 1 aliphatic rings. The van der Waals surface area contributed by atoms with E-state index < -0.39 is 5.60 Å². The predicted octanol–water partition coefficient (Wildman–Crippen LogP) is 4.04. The van der Waals surface area contributed by atoms with Gasteiger partial charge in [-0.15, -0.1) is 0 Å². The van der Waals surface area contributed by atoms with E-state index in [0.717, 1.165) is 18.6 Å². The summed E-state index contributed by atoms with van der Waals surface area (Å²) in [5.41, 5.74) is 0.0189. The molecule has 1 amide bonds. The van der Waals surface area contributed by atoms with Crippen molar-refractivity contribution in [2.75, 3.05) is 26.8 Å². The summed E-state index contributed by atoms with van der Waals surface area (Å²) in [6.07, 6.45) is 1.71. The topological polar surface area (TPSA) is 38.8 Å². The van der Waals surface area contributed by atoms with Gasteiger partial charge in [0, 0.05) is 13.7 Å². The van der Waals surface area contributed by atoms with E-state index in [0.29, 0.717) is 30.3 Å². The first kappa shape index (κ1) is 17.8. The fourth-order valence-electron chi connectivity index (χ4n) is 3.15. The Morgan fingerprint density at radius 3 is 2.60 bits per heavy atom. The molecular formula is C20H22ClNO3. The molecule has 2 aromatic rings. The van der Waals surface area contributed by atoms with E-state index in [4.69, 9.17) is 21.1 Å². The van der Waals surface area contributed by atoms with Gasteiger partial charge in [-0.2, -0.15) is 0 Å². The predicted molar refractivity (Wildman–Crippen MR) is 98.3 cm³/mol. The van der Waals surface area contributed by atoms with Crippen molar-refractivity contribution >= 4 is 17.5 Å². The number of carbonyl (C=O) groups excluding carboxylic acids is 1. The van der Waals surface area contributed by atoms with E-state index in [1.807, 2.05) is 47.4 Å². The summed E-state index contributed by atoms with van der Waals surface area (Å²) in [6.45, 7) is 1.58. The Bertz CT molecular complexity index is 722. The molecule has 0 bridgehead atoms. The number of carbonyl (C=O) groups is 1. The van der Waals surface area contributed by atoms with E-state index in [2.05, 4.69) is 0 Å². The maximum absolute atomic E-state index is 12.8. The molecule has 0 radical (unpaired) electrons. The van der Waals surface area contributed by atoms with Crippen LogP contribution in [0, 0.1) is 0 Å². The number of amides is 1. The van der Waals surface area contributed by atoms with Crippen LogP contribution in [0.5, 0.6) is 5.75 Å². The molecule has 25 heavy (non-hydrogen) atoms. The second-order valence-corrected chi connectivity index (χ2v) is 6.71. The minimum Gasteiger partial charge on any atom is -0.491 e. The highest BCUT2D eigenvalue weighted by Crippen LogP contribution is 2.28. The molecule has 1 unspecified atom stereocenters. The van der Waals surface area contributed by atoms with Crippen LogP contribution in [0.1, 0.15) is 23.2 Å². The fourth-order valence-corrected chi connectivity index (χ4v) is 3.37. The highest BCUT2D eigenvalue weighted by Gasteiger charge is 2.38. The number of nitrogens with zero attached hydrogens (tertiary/aromatic N) is 1. The molecule has 0 spiro atoms. The Morgan fingerprint density at radius 1 is 1.16 bits per heavy atom. The summed E-state index contributed by atoms with van der Waals surface area (Å²) in [5, 5.41) is 0.474. The van der Waals surface area contributed by atoms with Crippen molar-refractivity contribution in [1.82, 2.24) is 4.90 Å². The van der Waals surface area contributed by atoms with Gasteiger partial charge in [0.25, 0.3) is 5.91 Å². The first-order valence-electron chi connectivity index (χ1n) is 8.40. The SMILES string of the molecule is COC1(COc2ccccc2)CCCN(C(=O)c2ccccc2Cl)C1. The second kappa shape index (κ2) is 7.89. The first-order valence-corrected chi connectivity index (χ1v) is 8.78. The molecule has 0 saturated carbocycles. The van der Waals surface area contributed by atoms with Crippen molar-refractivity contribution in [3.63, 3.8) is 0 Å². The molecule has 1 heterocycles. The standard InChI is InChI=1S/C20H22ClNO3/c1-24-20(15-25-16-8-3-2-4-9-16)12-7-13-22(14-20)19(23)17-10-5-6-11-18(17)21/h2-6,8-11H,7,12-15H2,1H3. The Labute approximate surface area is 153 Å². The molecule has 0 aromatic heterocycles. The normalized spacial score (nSPS) is 20.3. The van der Waals surface area contributed by atoms with Crippen molar-refractivity contribution in [3.05, 3.63) is 65.2 Å². The number of rotatable bonds is 5. The third-order valence-electron chi connectivity index (χ3n) is 4.61. The number of piperidine rings is 1. The zero-order chi connectivity index (χ0) is 17.7. The molecule has 0 aliphatic carbocycles. The number of hydrogen-bond acceptors (Lipinski definition) is 3. The van der Waals surface area contributed by atoms with Crippen molar-refractivity contribution < 1.29 is 14.3 Å². The number of likely N-dealkylation sites (tertiary alicyclic amines) is 1. The van der Waals surface area contributed by atoms with Crippen molar-refractivity contribution in [1.29, 1.82) is 0 Å². The summed E-state index contributed by atoms with van der Waals surface area (Å²) < 4.78 is 11.7. The molecule has 1 saturated heterocycles. The first-order chi connectivity index (χ1) is 12.1. The number of methoxy groups -OCH3 is 1. The van der Waals surface area contributed by atoms with Crippen LogP contribution < -0.4 is 4.74 Å². The molecule has 5 heteroatoms. The van der Waals surface area contributed by atoms with E-state index in [1.54, 1.807) is 19.2 Å². The fraction of sp³-hybridized carbons (Fsp3) is 0.350. The van der Waals surface area contributed by atoms with E-state index in [-0.39, 0.29) is 5.91 Å². The van der Waals surface area contributed by atoms with Crippen LogP contribution in [-0.4, -0.2) is 43.2 Å². The largest absolute Gasteiger partial charge is 0.491 e. The van der Waals surface area contributed by atoms with Crippen molar-refractivity contribution in [3.8, 4) is 5.75 Å². The van der Waals surface area contributed by atoms with Crippen molar-refractivity contribution in [2.45, 2.75) is 18.4 Å². The van der Waals surface area contributed by atoms with Crippen molar-refractivity contribution in [2.24, 2.45) is 0 Å². The highest BCUT2D eigenvalue weighted by molar-refractivity contribution is 6.33.